The molecule has 1 aromatic carbocycles. The first-order chi connectivity index (χ1) is 9.83. The van der Waals surface area contributed by atoms with Gasteiger partial charge in [-0.05, 0) is 17.7 Å². The highest BCUT2D eigenvalue weighted by molar-refractivity contribution is 5.95. The number of rotatable bonds is 5. The summed E-state index contributed by atoms with van der Waals surface area (Å²) in [5.41, 5.74) is 1.72. The van der Waals surface area contributed by atoms with Gasteiger partial charge in [0.2, 0.25) is 0 Å². The number of nitrogens with zero attached hydrogens (tertiary/aromatic N) is 2. The van der Waals surface area contributed by atoms with Crippen molar-refractivity contribution in [1.29, 1.82) is 0 Å². The maximum absolute atomic E-state index is 12.3. The van der Waals surface area contributed by atoms with Gasteiger partial charge < -0.3 is 10.6 Å². The smallest absolute Gasteiger partial charge is 0.251 e. The largest absolute Gasteiger partial charge is 0.352 e. The Morgan fingerprint density at radius 3 is 2.90 bits per heavy atom. The van der Waals surface area contributed by atoms with Crippen LogP contribution in [0.4, 0.5) is 0 Å². The molecule has 0 aliphatic carbocycles. The Kier molecular flexibility index (Phi) is 3.78. The average molecular weight is 270 g/mol. The molecule has 1 aliphatic heterocycles. The van der Waals surface area contributed by atoms with E-state index >= 15 is 0 Å². The van der Waals surface area contributed by atoms with Gasteiger partial charge in [0.15, 0.2) is 0 Å². The van der Waals surface area contributed by atoms with E-state index in [9.17, 15) is 4.79 Å². The number of hydrogen-bond acceptors (Lipinski definition) is 3. The lowest BCUT2D eigenvalue weighted by Gasteiger charge is -2.27. The zero-order valence-electron chi connectivity index (χ0n) is 11.2. The summed E-state index contributed by atoms with van der Waals surface area (Å²) in [6.07, 6.45) is 3.64. The number of carbonyl (C=O) groups excluding carboxylic acids is 1. The van der Waals surface area contributed by atoms with Crippen molar-refractivity contribution in [3.8, 4) is 0 Å². The molecule has 1 aliphatic rings. The normalized spacial score (nSPS) is 14.8. The van der Waals surface area contributed by atoms with Crippen molar-refractivity contribution in [2.45, 2.75) is 6.54 Å². The molecule has 20 heavy (non-hydrogen) atoms. The second-order valence-electron chi connectivity index (χ2n) is 5.10. The van der Waals surface area contributed by atoms with Crippen LogP contribution in [0, 0.1) is 5.92 Å². The number of carbonyl (C=O) groups is 1. The SMILES string of the molecule is O=C(NCC1CNC1)c1ccccc1Cn1cccn1. The van der Waals surface area contributed by atoms with Crippen molar-refractivity contribution < 1.29 is 4.79 Å². The maximum Gasteiger partial charge on any atom is 0.251 e. The van der Waals surface area contributed by atoms with Gasteiger partial charge in [-0.15, -0.1) is 0 Å². The second-order valence-corrected chi connectivity index (χ2v) is 5.10. The topological polar surface area (TPSA) is 59.0 Å². The molecule has 1 saturated heterocycles. The summed E-state index contributed by atoms with van der Waals surface area (Å²) >= 11 is 0. The Balaban J connectivity index is 1.69. The fourth-order valence-corrected chi connectivity index (χ4v) is 2.27. The zero-order chi connectivity index (χ0) is 13.8. The second kappa shape index (κ2) is 5.88. The number of aromatic nitrogens is 2. The van der Waals surface area contributed by atoms with E-state index in [0.717, 1.165) is 30.8 Å². The monoisotopic (exact) mass is 270 g/mol. The predicted octanol–water partition coefficient (Wildman–Crippen LogP) is 0.881. The van der Waals surface area contributed by atoms with E-state index in [1.165, 1.54) is 0 Å². The van der Waals surface area contributed by atoms with Gasteiger partial charge in [0.25, 0.3) is 5.91 Å². The molecule has 1 fully saturated rings. The Morgan fingerprint density at radius 1 is 1.35 bits per heavy atom. The van der Waals surface area contributed by atoms with Gasteiger partial charge in [0.1, 0.15) is 0 Å². The van der Waals surface area contributed by atoms with Crippen LogP contribution < -0.4 is 10.6 Å². The molecule has 104 valence electrons. The van der Waals surface area contributed by atoms with E-state index in [1.807, 2.05) is 41.2 Å². The van der Waals surface area contributed by atoms with Crippen LogP contribution in [-0.2, 0) is 6.54 Å². The van der Waals surface area contributed by atoms with Gasteiger partial charge in [0, 0.05) is 43.5 Å². The summed E-state index contributed by atoms with van der Waals surface area (Å²) in [5, 5.41) is 10.4. The molecule has 1 aromatic heterocycles. The lowest BCUT2D eigenvalue weighted by molar-refractivity contribution is 0.0941. The first-order valence-electron chi connectivity index (χ1n) is 6.87. The number of benzene rings is 1. The van der Waals surface area contributed by atoms with Crippen LogP contribution in [-0.4, -0.2) is 35.3 Å². The van der Waals surface area contributed by atoms with E-state index < -0.39 is 0 Å². The quantitative estimate of drug-likeness (QED) is 0.848. The van der Waals surface area contributed by atoms with Crippen molar-refractivity contribution in [1.82, 2.24) is 20.4 Å². The van der Waals surface area contributed by atoms with E-state index in [1.54, 1.807) is 6.20 Å². The van der Waals surface area contributed by atoms with Gasteiger partial charge in [-0.2, -0.15) is 5.10 Å². The van der Waals surface area contributed by atoms with Gasteiger partial charge in [-0.25, -0.2) is 0 Å². The number of hydrogen-bond donors (Lipinski definition) is 2. The van der Waals surface area contributed by atoms with Gasteiger partial charge >= 0.3 is 0 Å². The Labute approximate surface area is 118 Å². The highest BCUT2D eigenvalue weighted by Crippen LogP contribution is 2.11. The van der Waals surface area contributed by atoms with E-state index in [-0.39, 0.29) is 5.91 Å². The third kappa shape index (κ3) is 2.88. The first-order valence-corrected chi connectivity index (χ1v) is 6.87. The molecule has 0 atom stereocenters. The van der Waals surface area contributed by atoms with Gasteiger partial charge in [-0.1, -0.05) is 18.2 Å². The Bertz CT molecular complexity index is 575. The van der Waals surface area contributed by atoms with Crippen molar-refractivity contribution in [3.05, 3.63) is 53.9 Å². The minimum Gasteiger partial charge on any atom is -0.352 e. The highest BCUT2D eigenvalue weighted by Gasteiger charge is 2.18. The minimum absolute atomic E-state index is 0.000318. The summed E-state index contributed by atoms with van der Waals surface area (Å²) in [6, 6.07) is 9.57. The molecular weight excluding hydrogens is 252 g/mol. The van der Waals surface area contributed by atoms with Crippen molar-refractivity contribution in [2.75, 3.05) is 19.6 Å². The van der Waals surface area contributed by atoms with Gasteiger partial charge in [-0.3, -0.25) is 9.48 Å². The van der Waals surface area contributed by atoms with Crippen LogP contribution in [0.3, 0.4) is 0 Å². The minimum atomic E-state index is -0.000318. The lowest BCUT2D eigenvalue weighted by atomic mass is 10.0. The molecular formula is C15H18N4O. The van der Waals surface area contributed by atoms with Crippen LogP contribution >= 0.6 is 0 Å². The fourth-order valence-electron chi connectivity index (χ4n) is 2.27. The highest BCUT2D eigenvalue weighted by atomic mass is 16.1. The first kappa shape index (κ1) is 12.9. The third-order valence-electron chi connectivity index (χ3n) is 3.57. The Hall–Kier alpha value is -2.14. The van der Waals surface area contributed by atoms with Crippen LogP contribution in [0.1, 0.15) is 15.9 Å². The molecule has 2 aromatic rings. The number of nitrogens with one attached hydrogen (secondary N) is 2. The number of amides is 1. The molecule has 0 spiro atoms. The molecule has 2 N–H and O–H groups in total. The molecule has 0 saturated carbocycles. The van der Waals surface area contributed by atoms with E-state index in [0.29, 0.717) is 12.5 Å². The summed E-state index contributed by atoms with van der Waals surface area (Å²) in [7, 11) is 0. The molecule has 2 heterocycles. The van der Waals surface area contributed by atoms with Crippen molar-refractivity contribution in [3.63, 3.8) is 0 Å². The summed E-state index contributed by atoms with van der Waals surface area (Å²) in [6.45, 7) is 3.34. The fraction of sp³-hybridized carbons (Fsp3) is 0.333. The molecule has 3 rings (SSSR count). The van der Waals surface area contributed by atoms with Crippen LogP contribution in [0.5, 0.6) is 0 Å². The maximum atomic E-state index is 12.3. The molecule has 1 amide bonds. The molecule has 0 radical (unpaired) electrons. The summed E-state index contributed by atoms with van der Waals surface area (Å²) in [5.74, 6) is 0.567. The standard InChI is InChI=1S/C15H18N4O/c20-15(17-10-12-8-16-9-12)14-5-2-1-4-13(14)11-19-7-3-6-18-19/h1-7,12,16H,8-11H2,(H,17,20). The molecule has 0 bridgehead atoms. The van der Waals surface area contributed by atoms with Crippen LogP contribution in [0.15, 0.2) is 42.7 Å². The van der Waals surface area contributed by atoms with Crippen LogP contribution in [0.2, 0.25) is 0 Å². The molecule has 0 unspecified atom stereocenters. The zero-order valence-corrected chi connectivity index (χ0v) is 11.2. The van der Waals surface area contributed by atoms with E-state index in [4.69, 9.17) is 0 Å². The van der Waals surface area contributed by atoms with Crippen molar-refractivity contribution in [2.24, 2.45) is 5.92 Å². The van der Waals surface area contributed by atoms with Crippen LogP contribution in [0.25, 0.3) is 0 Å². The molecule has 5 nitrogen and oxygen atoms in total. The lowest BCUT2D eigenvalue weighted by Crippen LogP contribution is -2.48. The van der Waals surface area contributed by atoms with E-state index in [2.05, 4.69) is 15.7 Å². The Morgan fingerprint density at radius 2 is 2.20 bits per heavy atom. The third-order valence-corrected chi connectivity index (χ3v) is 3.57. The van der Waals surface area contributed by atoms with Gasteiger partial charge in [0.05, 0.1) is 6.54 Å². The summed E-state index contributed by atoms with van der Waals surface area (Å²) in [4.78, 5) is 12.3. The van der Waals surface area contributed by atoms with Crippen molar-refractivity contribution >= 4 is 5.91 Å². The predicted molar refractivity (Wildman–Crippen MR) is 76.5 cm³/mol. The summed E-state index contributed by atoms with van der Waals surface area (Å²) < 4.78 is 1.82. The average Bonchev–Trinajstić information content (AvgIpc) is 2.90. The molecule has 5 heteroatoms.